The van der Waals surface area contributed by atoms with E-state index < -0.39 is 54.8 Å². The average Bonchev–Trinajstić information content (AvgIpc) is 3.60. The summed E-state index contributed by atoms with van der Waals surface area (Å²) in [5.41, 5.74) is -0.643. The summed E-state index contributed by atoms with van der Waals surface area (Å²) in [5.74, 6) is -0.961. The molecule has 1 aromatic carbocycles. The number of ether oxygens (including phenoxy) is 1. The van der Waals surface area contributed by atoms with Gasteiger partial charge in [0.2, 0.25) is 13.3 Å². The average molecular weight is 863 g/mol. The van der Waals surface area contributed by atoms with Gasteiger partial charge >= 0.3 is 13.3 Å². The fourth-order valence-electron chi connectivity index (χ4n) is 6.12. The summed E-state index contributed by atoms with van der Waals surface area (Å²) in [6.45, 7) is 10.1. The summed E-state index contributed by atoms with van der Waals surface area (Å²) >= 11 is 3.18. The number of benzene rings is 1. The number of rotatable bonds is 15. The number of methoxy groups -OCH3 is 1. The Morgan fingerprint density at radius 2 is 1.75 bits per heavy atom. The van der Waals surface area contributed by atoms with E-state index >= 15 is 0 Å². The molecule has 300 valence electrons. The molecule has 2 aliphatic rings. The molecule has 1 unspecified atom stereocenters. The number of amides is 1. The number of anilines is 4. The van der Waals surface area contributed by atoms with E-state index in [1.165, 1.54) is 26.3 Å². The van der Waals surface area contributed by atoms with E-state index in [1.54, 1.807) is 29.7 Å². The van der Waals surface area contributed by atoms with Crippen LogP contribution in [0.3, 0.4) is 0 Å². The summed E-state index contributed by atoms with van der Waals surface area (Å²) in [5, 5.41) is 12.5. The first-order chi connectivity index (χ1) is 26.2. The highest BCUT2D eigenvalue weighted by atomic mass is 79.9. The number of alkyl halides is 3. The Labute approximate surface area is 331 Å². The number of carbonyl (C=O) groups is 1. The molecule has 1 saturated carbocycles. The van der Waals surface area contributed by atoms with Crippen LogP contribution in [0.5, 0.6) is 5.75 Å². The first kappa shape index (κ1) is 41.6. The van der Waals surface area contributed by atoms with Gasteiger partial charge in [0.15, 0.2) is 5.69 Å². The number of aryl methyl sites for hydroxylation is 1. The Morgan fingerprint density at radius 3 is 2.39 bits per heavy atom. The molecule has 1 atom stereocenters. The van der Waals surface area contributed by atoms with Gasteiger partial charge in [0.05, 0.1) is 41.8 Å². The van der Waals surface area contributed by atoms with Crippen LogP contribution in [0.15, 0.2) is 53.5 Å². The van der Waals surface area contributed by atoms with Crippen molar-refractivity contribution in [2.45, 2.75) is 82.9 Å². The van der Waals surface area contributed by atoms with Gasteiger partial charge in [-0.1, -0.05) is 6.07 Å². The molecule has 4 aromatic rings. The number of hydrogen-bond acceptors (Lipinski definition) is 12. The van der Waals surface area contributed by atoms with Gasteiger partial charge in [-0.05, 0) is 99.1 Å². The molecule has 14 nitrogen and oxygen atoms in total. The van der Waals surface area contributed by atoms with Crippen LogP contribution in [-0.2, 0) is 37.5 Å². The topological polar surface area (TPSA) is 164 Å². The molecular formula is C36H44BBrF3N8O6P. The zero-order chi connectivity index (χ0) is 40.7. The van der Waals surface area contributed by atoms with Crippen LogP contribution in [0, 0.1) is 0 Å². The molecule has 1 amide bonds. The summed E-state index contributed by atoms with van der Waals surface area (Å²) in [6.07, 6.45) is 2.54. The number of nitrogens with one attached hydrogen (secondary N) is 3. The second-order valence-electron chi connectivity index (χ2n) is 15.0. The van der Waals surface area contributed by atoms with Gasteiger partial charge in [0, 0.05) is 43.9 Å². The highest BCUT2D eigenvalue weighted by molar-refractivity contribution is 9.10. The Balaban J connectivity index is 1.07. The molecule has 1 saturated heterocycles. The maximum Gasteiger partial charge on any atom is 0.498 e. The summed E-state index contributed by atoms with van der Waals surface area (Å²) in [7, 11) is -0.649. The maximum absolute atomic E-state index is 14.0. The third kappa shape index (κ3) is 9.56. The van der Waals surface area contributed by atoms with E-state index in [1.807, 2.05) is 40.0 Å². The first-order valence-corrected chi connectivity index (χ1v) is 21.0. The molecule has 20 heteroatoms. The van der Waals surface area contributed by atoms with E-state index in [2.05, 4.69) is 51.9 Å². The Bertz CT molecular complexity index is 2140. The fourth-order valence-corrected chi connectivity index (χ4v) is 8.31. The first-order valence-electron chi connectivity index (χ1n) is 17.9. The van der Waals surface area contributed by atoms with Crippen LogP contribution < -0.4 is 26.2 Å². The highest BCUT2D eigenvalue weighted by Gasteiger charge is 2.53. The predicted octanol–water partition coefficient (Wildman–Crippen LogP) is 7.09. The third-order valence-electron chi connectivity index (χ3n) is 10.0. The zero-order valence-electron chi connectivity index (χ0n) is 32.1. The Morgan fingerprint density at radius 1 is 1.05 bits per heavy atom. The Kier molecular flexibility index (Phi) is 11.7. The molecule has 6 rings (SSSR count). The van der Waals surface area contributed by atoms with Crippen molar-refractivity contribution in [1.29, 1.82) is 0 Å². The lowest BCUT2D eigenvalue weighted by Crippen LogP contribution is -2.41. The molecule has 0 bridgehead atoms. The number of halogens is 4. The van der Waals surface area contributed by atoms with Crippen LogP contribution >= 0.6 is 23.3 Å². The van der Waals surface area contributed by atoms with Crippen molar-refractivity contribution < 1.29 is 41.1 Å². The van der Waals surface area contributed by atoms with Crippen molar-refractivity contribution in [1.82, 2.24) is 30.0 Å². The van der Waals surface area contributed by atoms with Gasteiger partial charge in [-0.25, -0.2) is 9.97 Å². The minimum absolute atomic E-state index is 0.00426. The summed E-state index contributed by atoms with van der Waals surface area (Å²) in [6, 6.07) is 8.21. The van der Waals surface area contributed by atoms with Crippen LogP contribution in [0.25, 0.3) is 0 Å². The zero-order valence-corrected chi connectivity index (χ0v) is 34.6. The highest BCUT2D eigenvalue weighted by Crippen LogP contribution is 2.56. The van der Waals surface area contributed by atoms with Crippen LogP contribution in [0.4, 0.5) is 36.3 Å². The van der Waals surface area contributed by atoms with Crippen molar-refractivity contribution in [3.05, 3.63) is 70.3 Å². The van der Waals surface area contributed by atoms with E-state index in [0.29, 0.717) is 47.8 Å². The van der Waals surface area contributed by atoms with Crippen molar-refractivity contribution in [2.75, 3.05) is 37.6 Å². The van der Waals surface area contributed by atoms with Crippen molar-refractivity contribution in [3.8, 4) is 5.75 Å². The molecule has 0 spiro atoms. The van der Waals surface area contributed by atoms with Crippen LogP contribution in [-0.4, -0.2) is 81.5 Å². The molecule has 4 heterocycles. The van der Waals surface area contributed by atoms with E-state index in [9.17, 15) is 22.5 Å². The monoisotopic (exact) mass is 862 g/mol. The van der Waals surface area contributed by atoms with Crippen molar-refractivity contribution in [2.24, 2.45) is 0 Å². The van der Waals surface area contributed by atoms with Gasteiger partial charge in [0.1, 0.15) is 21.7 Å². The lowest BCUT2D eigenvalue weighted by molar-refractivity contribution is -0.137. The number of carbonyl (C=O) groups excluding carboxylic acids is 1. The Hall–Kier alpha value is -4.03. The number of hydrogen-bond donors (Lipinski definition) is 3. The maximum atomic E-state index is 14.0. The number of aromatic nitrogens is 5. The van der Waals surface area contributed by atoms with Crippen LogP contribution in [0.2, 0.25) is 0 Å². The van der Waals surface area contributed by atoms with Crippen LogP contribution in [0.1, 0.15) is 68.6 Å². The van der Waals surface area contributed by atoms with Gasteiger partial charge in [0.25, 0.3) is 5.91 Å². The van der Waals surface area contributed by atoms with Gasteiger partial charge in [-0.3, -0.25) is 14.0 Å². The number of pyridine rings is 1. The smallest absolute Gasteiger partial charge is 0.495 e. The number of nitrogens with zero attached hydrogens (tertiary/aromatic N) is 5. The quantitative estimate of drug-likeness (QED) is 0.0633. The lowest BCUT2D eigenvalue weighted by Gasteiger charge is -2.32. The predicted molar refractivity (Wildman–Crippen MR) is 210 cm³/mol. The van der Waals surface area contributed by atoms with Gasteiger partial charge in [-0.15, -0.1) is 0 Å². The van der Waals surface area contributed by atoms with E-state index in [0.717, 1.165) is 23.9 Å². The molecule has 3 aromatic heterocycles. The minimum Gasteiger partial charge on any atom is -0.495 e. The second kappa shape index (κ2) is 15.7. The van der Waals surface area contributed by atoms with Gasteiger partial charge in [-0.2, -0.15) is 23.3 Å². The van der Waals surface area contributed by atoms with E-state index in [4.69, 9.17) is 18.6 Å². The SMILES string of the molecule is CNC(=O)c1nc(Br)ccc1Nc1nc(Nc2ccc(CCCP(C)(=O)OC3(Cn4cc(B5OC(C)(C)C(C)(C)O5)cn4)CC3)cc2OC)ncc1C(F)(F)F. The largest absolute Gasteiger partial charge is 0.498 e. The molecule has 1 aliphatic carbocycles. The van der Waals surface area contributed by atoms with Crippen molar-refractivity contribution >= 4 is 64.9 Å². The van der Waals surface area contributed by atoms with Crippen molar-refractivity contribution in [3.63, 3.8) is 0 Å². The molecule has 0 radical (unpaired) electrons. The fraction of sp³-hybridized carbons (Fsp3) is 0.472. The summed E-state index contributed by atoms with van der Waals surface area (Å²) < 4.78 is 82.0. The standard InChI is InChI=1S/C36H44BBrF3N8O6P/c1-33(2)34(3,4)54-37(53-33)23-18-44-49(20-23)21-35(14-15-35)55-56(7,51)16-8-9-22-10-11-25(27(17-22)52-6)46-32-43-19-24(36(39,40)41)30(48-32)45-26-12-13-28(38)47-29(26)31(50)42-5/h10-13,17-20H,8-9,14-16,21H2,1-7H3,(H,42,50)(H2,43,45,46,48). The molecule has 3 N–H and O–H groups in total. The molecular weight excluding hydrogens is 819 g/mol. The van der Waals surface area contributed by atoms with Gasteiger partial charge < -0.3 is 34.5 Å². The summed E-state index contributed by atoms with van der Waals surface area (Å²) in [4.78, 5) is 24.5. The van der Waals surface area contributed by atoms with E-state index in [-0.39, 0.29) is 17.3 Å². The molecule has 2 fully saturated rings. The minimum atomic E-state index is -4.80. The lowest BCUT2D eigenvalue weighted by atomic mass is 9.82. The molecule has 1 aliphatic heterocycles. The third-order valence-corrected chi connectivity index (χ3v) is 12.4. The second-order valence-corrected chi connectivity index (χ2v) is 18.5. The normalized spacial score (nSPS) is 17.9. The molecule has 56 heavy (non-hydrogen) atoms.